The first kappa shape index (κ1) is 21.9. The second-order valence-corrected chi connectivity index (χ2v) is 7.54. The highest BCUT2D eigenvalue weighted by Crippen LogP contribution is 2.25. The molecule has 1 amide bonds. The molecule has 0 saturated carbocycles. The van der Waals surface area contributed by atoms with Crippen LogP contribution in [0.4, 0.5) is 5.69 Å². The Morgan fingerprint density at radius 3 is 2.50 bits per heavy atom. The van der Waals surface area contributed by atoms with Gasteiger partial charge in [-0.2, -0.15) is 0 Å². The average molecular weight is 383 g/mol. The summed E-state index contributed by atoms with van der Waals surface area (Å²) < 4.78 is 6.02. The molecule has 0 aliphatic rings. The maximum Gasteiger partial charge on any atom is 0.261 e. The van der Waals surface area contributed by atoms with E-state index in [9.17, 15) is 4.79 Å². The fraction of sp³-hybridized carbons (Fsp3) is 0.500. The summed E-state index contributed by atoms with van der Waals surface area (Å²) in [6.45, 7) is 10.7. The molecular formula is C24H34N2O2. The lowest BCUT2D eigenvalue weighted by Crippen LogP contribution is -2.17. The summed E-state index contributed by atoms with van der Waals surface area (Å²) in [5, 5.41) is 3.03. The summed E-state index contributed by atoms with van der Waals surface area (Å²) >= 11 is 0. The Balaban J connectivity index is 2.08. The number of unbranched alkanes of at least 4 members (excludes halogenated alkanes) is 5. The van der Waals surface area contributed by atoms with E-state index in [0.29, 0.717) is 23.6 Å². The van der Waals surface area contributed by atoms with Crippen LogP contribution in [-0.4, -0.2) is 17.5 Å². The first-order chi connectivity index (χ1) is 13.4. The standard InChI is InChI=1S/C24H34N2O2/c1-6-7-8-9-10-11-15-28-22-16-18(3)25-20(5)23(22)24(27)26-21-14-12-13-17(2)19(21)4/h12-14,16H,6-11,15H2,1-5H3,(H,26,27). The number of hydrogen-bond acceptors (Lipinski definition) is 3. The lowest BCUT2D eigenvalue weighted by Gasteiger charge is -2.16. The van der Waals surface area contributed by atoms with E-state index >= 15 is 0 Å². The number of aryl methyl sites for hydroxylation is 3. The molecule has 4 heteroatoms. The van der Waals surface area contributed by atoms with Crippen LogP contribution in [0.2, 0.25) is 0 Å². The Kier molecular flexibility index (Phi) is 8.49. The van der Waals surface area contributed by atoms with Crippen molar-refractivity contribution in [1.29, 1.82) is 0 Å². The molecule has 1 N–H and O–H groups in total. The molecule has 0 unspecified atom stereocenters. The molecule has 0 bridgehead atoms. The second kappa shape index (κ2) is 10.8. The van der Waals surface area contributed by atoms with Crippen LogP contribution in [0.3, 0.4) is 0 Å². The van der Waals surface area contributed by atoms with Crippen LogP contribution in [-0.2, 0) is 0 Å². The normalized spacial score (nSPS) is 10.8. The van der Waals surface area contributed by atoms with Crippen molar-refractivity contribution in [2.75, 3.05) is 11.9 Å². The Morgan fingerprint density at radius 2 is 1.75 bits per heavy atom. The number of hydrogen-bond donors (Lipinski definition) is 1. The molecule has 152 valence electrons. The lowest BCUT2D eigenvalue weighted by molar-refractivity contribution is 0.102. The number of nitrogens with zero attached hydrogens (tertiary/aromatic N) is 1. The first-order valence-corrected chi connectivity index (χ1v) is 10.4. The van der Waals surface area contributed by atoms with Gasteiger partial charge in [0.25, 0.3) is 5.91 Å². The van der Waals surface area contributed by atoms with Gasteiger partial charge in [-0.15, -0.1) is 0 Å². The van der Waals surface area contributed by atoms with Crippen LogP contribution in [0, 0.1) is 27.7 Å². The molecule has 28 heavy (non-hydrogen) atoms. The fourth-order valence-corrected chi connectivity index (χ4v) is 3.32. The summed E-state index contributed by atoms with van der Waals surface area (Å²) in [5.41, 5.74) is 5.13. The first-order valence-electron chi connectivity index (χ1n) is 10.4. The highest BCUT2D eigenvalue weighted by molar-refractivity contribution is 6.07. The second-order valence-electron chi connectivity index (χ2n) is 7.54. The van der Waals surface area contributed by atoms with Gasteiger partial charge in [-0.3, -0.25) is 9.78 Å². The molecule has 4 nitrogen and oxygen atoms in total. The van der Waals surface area contributed by atoms with E-state index in [1.54, 1.807) is 0 Å². The molecule has 1 aromatic heterocycles. The smallest absolute Gasteiger partial charge is 0.261 e. The van der Waals surface area contributed by atoms with Gasteiger partial charge >= 0.3 is 0 Å². The number of nitrogens with one attached hydrogen (secondary N) is 1. The third kappa shape index (κ3) is 6.08. The van der Waals surface area contributed by atoms with Gasteiger partial charge in [-0.1, -0.05) is 51.2 Å². The van der Waals surface area contributed by atoms with E-state index in [4.69, 9.17) is 4.74 Å². The number of ether oxygens (including phenoxy) is 1. The fourth-order valence-electron chi connectivity index (χ4n) is 3.32. The predicted molar refractivity (Wildman–Crippen MR) is 116 cm³/mol. The van der Waals surface area contributed by atoms with Crippen molar-refractivity contribution in [3.05, 3.63) is 52.3 Å². The number of carbonyl (C=O) groups is 1. The maximum atomic E-state index is 13.0. The van der Waals surface area contributed by atoms with Crippen molar-refractivity contribution in [3.63, 3.8) is 0 Å². The van der Waals surface area contributed by atoms with Crippen LogP contribution in [0.15, 0.2) is 24.3 Å². The number of carbonyl (C=O) groups excluding carboxylic acids is 1. The van der Waals surface area contributed by atoms with Gasteiger partial charge < -0.3 is 10.1 Å². The molecule has 0 aliphatic carbocycles. The monoisotopic (exact) mass is 382 g/mol. The zero-order valence-corrected chi connectivity index (χ0v) is 18.0. The molecule has 0 fully saturated rings. The summed E-state index contributed by atoms with van der Waals surface area (Å²) in [7, 11) is 0. The summed E-state index contributed by atoms with van der Waals surface area (Å²) in [5.74, 6) is 0.456. The Morgan fingerprint density at radius 1 is 1.04 bits per heavy atom. The Labute approximate surface area is 169 Å². The van der Waals surface area contributed by atoms with Crippen LogP contribution < -0.4 is 10.1 Å². The number of rotatable bonds is 10. The van der Waals surface area contributed by atoms with Crippen LogP contribution in [0.1, 0.15) is 78.3 Å². The van der Waals surface area contributed by atoms with Gasteiger partial charge in [0.15, 0.2) is 0 Å². The Hall–Kier alpha value is -2.36. The molecule has 0 saturated heterocycles. The molecule has 1 heterocycles. The Bertz CT molecular complexity index is 799. The van der Waals surface area contributed by atoms with Crippen molar-refractivity contribution in [2.24, 2.45) is 0 Å². The van der Waals surface area contributed by atoms with Crippen LogP contribution >= 0.6 is 0 Å². The number of anilines is 1. The van der Waals surface area contributed by atoms with Crippen molar-refractivity contribution in [1.82, 2.24) is 4.98 Å². The number of benzene rings is 1. The van der Waals surface area contributed by atoms with Crippen LogP contribution in [0.25, 0.3) is 0 Å². The molecular weight excluding hydrogens is 348 g/mol. The van der Waals surface area contributed by atoms with E-state index < -0.39 is 0 Å². The van der Waals surface area contributed by atoms with Gasteiger partial charge in [0.1, 0.15) is 11.3 Å². The quantitative estimate of drug-likeness (QED) is 0.490. The SMILES string of the molecule is CCCCCCCCOc1cc(C)nc(C)c1C(=O)Nc1cccc(C)c1C. The van der Waals surface area contributed by atoms with Crippen molar-refractivity contribution in [2.45, 2.75) is 73.1 Å². The highest BCUT2D eigenvalue weighted by atomic mass is 16.5. The van der Waals surface area contributed by atoms with E-state index in [-0.39, 0.29) is 5.91 Å². The van der Waals surface area contributed by atoms with Gasteiger partial charge in [-0.05, 0) is 51.3 Å². The van der Waals surface area contributed by atoms with E-state index in [2.05, 4.69) is 17.2 Å². The largest absolute Gasteiger partial charge is 0.493 e. The topological polar surface area (TPSA) is 51.2 Å². The molecule has 0 spiro atoms. The highest BCUT2D eigenvalue weighted by Gasteiger charge is 2.19. The van der Waals surface area contributed by atoms with Crippen molar-refractivity contribution in [3.8, 4) is 5.75 Å². The molecule has 2 aromatic rings. The van der Waals surface area contributed by atoms with Crippen molar-refractivity contribution >= 4 is 11.6 Å². The minimum Gasteiger partial charge on any atom is -0.493 e. The number of aromatic nitrogens is 1. The van der Waals surface area contributed by atoms with Gasteiger partial charge in [-0.25, -0.2) is 0 Å². The number of amides is 1. The molecule has 1 aromatic carbocycles. The van der Waals surface area contributed by atoms with Gasteiger partial charge in [0, 0.05) is 17.4 Å². The molecule has 2 rings (SSSR count). The average Bonchev–Trinajstić information content (AvgIpc) is 2.64. The summed E-state index contributed by atoms with van der Waals surface area (Å²) in [6.07, 6.45) is 7.24. The number of pyridine rings is 1. The molecule has 0 aliphatic heterocycles. The molecule has 0 atom stereocenters. The summed E-state index contributed by atoms with van der Waals surface area (Å²) in [6, 6.07) is 7.78. The van der Waals surface area contributed by atoms with Crippen LogP contribution in [0.5, 0.6) is 5.75 Å². The van der Waals surface area contributed by atoms with E-state index in [1.165, 1.54) is 25.7 Å². The predicted octanol–water partition coefficient (Wildman–Crippen LogP) is 6.31. The zero-order chi connectivity index (χ0) is 20.5. The van der Waals surface area contributed by atoms with E-state index in [1.807, 2.05) is 52.0 Å². The lowest BCUT2D eigenvalue weighted by atomic mass is 10.1. The maximum absolute atomic E-state index is 13.0. The van der Waals surface area contributed by atoms with Gasteiger partial charge in [0.05, 0.1) is 12.3 Å². The van der Waals surface area contributed by atoms with Crippen molar-refractivity contribution < 1.29 is 9.53 Å². The van der Waals surface area contributed by atoms with Gasteiger partial charge in [0.2, 0.25) is 0 Å². The third-order valence-corrected chi connectivity index (χ3v) is 5.13. The summed E-state index contributed by atoms with van der Waals surface area (Å²) in [4.78, 5) is 17.5. The van der Waals surface area contributed by atoms with E-state index in [0.717, 1.165) is 35.3 Å². The zero-order valence-electron chi connectivity index (χ0n) is 18.0. The third-order valence-electron chi connectivity index (χ3n) is 5.13. The minimum absolute atomic E-state index is 0.170. The minimum atomic E-state index is -0.170. The molecule has 0 radical (unpaired) electrons.